The minimum Gasteiger partial charge on any atom is -0.490 e. The highest BCUT2D eigenvalue weighted by Crippen LogP contribution is 2.34. The molecule has 3 nitrogen and oxygen atoms in total. The van der Waals surface area contributed by atoms with Crippen LogP contribution in [0.5, 0.6) is 5.75 Å². The van der Waals surface area contributed by atoms with Gasteiger partial charge in [0, 0.05) is 0 Å². The molecule has 0 spiro atoms. The summed E-state index contributed by atoms with van der Waals surface area (Å²) in [5.41, 5.74) is 3.60. The van der Waals surface area contributed by atoms with E-state index in [0.29, 0.717) is 13.2 Å². The van der Waals surface area contributed by atoms with E-state index in [1.165, 1.54) is 31.2 Å². The second-order valence-corrected chi connectivity index (χ2v) is 6.49. The molecule has 3 heteroatoms. The Hall–Kier alpha value is -2.29. The number of nitrogens with zero attached hydrogens (tertiary/aromatic N) is 1. The molecule has 3 rings (SSSR count). The highest BCUT2D eigenvalue weighted by molar-refractivity contribution is 6.00. The van der Waals surface area contributed by atoms with Crippen LogP contribution in [0.25, 0.3) is 0 Å². The summed E-state index contributed by atoms with van der Waals surface area (Å²) in [5.74, 6) is 1.61. The molecule has 0 amide bonds. The van der Waals surface area contributed by atoms with Gasteiger partial charge < -0.3 is 9.57 Å². The highest BCUT2D eigenvalue weighted by atomic mass is 16.6. The summed E-state index contributed by atoms with van der Waals surface area (Å²) in [7, 11) is 0. The monoisotopic (exact) mass is 337 g/mol. The average Bonchev–Trinajstić information content (AvgIpc) is 3.21. The average molecular weight is 337 g/mol. The Morgan fingerprint density at radius 1 is 0.960 bits per heavy atom. The summed E-state index contributed by atoms with van der Waals surface area (Å²) >= 11 is 0. The van der Waals surface area contributed by atoms with Crippen LogP contribution in [-0.2, 0) is 4.84 Å². The molecule has 0 heterocycles. The van der Waals surface area contributed by atoms with Crippen molar-refractivity contribution in [2.45, 2.75) is 44.9 Å². The van der Waals surface area contributed by atoms with Crippen LogP contribution < -0.4 is 4.74 Å². The molecular formula is C22H27NO2. The molecule has 0 atom stereocenters. The fraction of sp³-hybridized carbons (Fsp3) is 0.409. The summed E-state index contributed by atoms with van der Waals surface area (Å²) in [6.45, 7) is 3.04. The first-order chi connectivity index (χ1) is 12.4. The number of oxime groups is 1. The predicted octanol–water partition coefficient (Wildman–Crippen LogP) is 5.55. The van der Waals surface area contributed by atoms with Crippen LogP contribution in [0.15, 0.2) is 59.8 Å². The lowest BCUT2D eigenvalue weighted by molar-refractivity contribution is 0.107. The Morgan fingerprint density at radius 2 is 1.68 bits per heavy atom. The van der Waals surface area contributed by atoms with Gasteiger partial charge in [0.2, 0.25) is 0 Å². The van der Waals surface area contributed by atoms with E-state index in [9.17, 15) is 0 Å². The van der Waals surface area contributed by atoms with Crippen molar-refractivity contribution in [2.24, 2.45) is 5.16 Å². The zero-order chi connectivity index (χ0) is 17.3. The molecule has 0 bridgehead atoms. The van der Waals surface area contributed by atoms with Crippen LogP contribution in [-0.4, -0.2) is 18.9 Å². The van der Waals surface area contributed by atoms with Crippen molar-refractivity contribution >= 4 is 5.71 Å². The maximum atomic E-state index is 5.61. The van der Waals surface area contributed by atoms with Gasteiger partial charge in [0.15, 0.2) is 6.61 Å². The van der Waals surface area contributed by atoms with Crippen LogP contribution in [0.4, 0.5) is 0 Å². The lowest BCUT2D eigenvalue weighted by atomic mass is 9.95. The van der Waals surface area contributed by atoms with Crippen LogP contribution >= 0.6 is 0 Å². The molecule has 0 radical (unpaired) electrons. The number of benzene rings is 2. The smallest absolute Gasteiger partial charge is 0.151 e. The lowest BCUT2D eigenvalue weighted by Gasteiger charge is -2.11. The van der Waals surface area contributed by atoms with Gasteiger partial charge in [0.1, 0.15) is 12.4 Å². The lowest BCUT2D eigenvalue weighted by Crippen LogP contribution is -2.07. The molecule has 132 valence electrons. The van der Waals surface area contributed by atoms with E-state index < -0.39 is 0 Å². The Bertz CT molecular complexity index is 658. The topological polar surface area (TPSA) is 30.8 Å². The second-order valence-electron chi connectivity index (χ2n) is 6.49. The van der Waals surface area contributed by atoms with E-state index >= 15 is 0 Å². The third kappa shape index (κ3) is 5.09. The minimum absolute atomic E-state index is 0.443. The molecule has 0 saturated heterocycles. The van der Waals surface area contributed by atoms with Gasteiger partial charge >= 0.3 is 0 Å². The maximum Gasteiger partial charge on any atom is 0.151 e. The molecular weight excluding hydrogens is 310 g/mol. The predicted molar refractivity (Wildman–Crippen MR) is 102 cm³/mol. The fourth-order valence-electron chi connectivity index (χ4n) is 3.37. The van der Waals surface area contributed by atoms with Gasteiger partial charge in [-0.05, 0) is 48.4 Å². The molecule has 0 unspecified atom stereocenters. The van der Waals surface area contributed by atoms with Gasteiger partial charge in [0.05, 0.1) is 5.71 Å². The van der Waals surface area contributed by atoms with Crippen molar-refractivity contribution in [1.29, 1.82) is 0 Å². The van der Waals surface area contributed by atoms with Crippen molar-refractivity contribution in [3.8, 4) is 5.75 Å². The molecule has 1 saturated carbocycles. The number of ether oxygens (including phenoxy) is 1. The molecule has 2 aromatic carbocycles. The minimum atomic E-state index is 0.443. The van der Waals surface area contributed by atoms with Crippen molar-refractivity contribution in [3.63, 3.8) is 0 Å². The summed E-state index contributed by atoms with van der Waals surface area (Å²) < 4.78 is 5.61. The van der Waals surface area contributed by atoms with E-state index in [1.54, 1.807) is 0 Å². The molecule has 0 N–H and O–H groups in total. The van der Waals surface area contributed by atoms with E-state index in [2.05, 4.69) is 36.3 Å². The zero-order valence-electron chi connectivity index (χ0n) is 15.0. The van der Waals surface area contributed by atoms with Crippen molar-refractivity contribution in [2.75, 3.05) is 13.2 Å². The fourth-order valence-corrected chi connectivity index (χ4v) is 3.37. The third-order valence-corrected chi connectivity index (χ3v) is 4.77. The molecule has 1 aliphatic carbocycles. The second kappa shape index (κ2) is 9.26. The first kappa shape index (κ1) is 17.5. The van der Waals surface area contributed by atoms with Crippen LogP contribution in [0.1, 0.15) is 56.1 Å². The largest absolute Gasteiger partial charge is 0.490 e. The Balaban J connectivity index is 1.49. The van der Waals surface area contributed by atoms with Crippen molar-refractivity contribution in [3.05, 3.63) is 65.7 Å². The third-order valence-electron chi connectivity index (χ3n) is 4.77. The zero-order valence-corrected chi connectivity index (χ0v) is 15.0. The molecule has 0 aliphatic heterocycles. The quantitative estimate of drug-likeness (QED) is 0.359. The summed E-state index contributed by atoms with van der Waals surface area (Å²) in [6.07, 6.45) is 6.25. The molecule has 1 fully saturated rings. The summed E-state index contributed by atoms with van der Waals surface area (Å²) in [5, 5.41) is 4.31. The first-order valence-electron chi connectivity index (χ1n) is 9.34. The van der Waals surface area contributed by atoms with E-state index in [4.69, 9.17) is 9.57 Å². The van der Waals surface area contributed by atoms with Crippen LogP contribution in [0.3, 0.4) is 0 Å². The normalized spacial score (nSPS) is 15.3. The molecule has 25 heavy (non-hydrogen) atoms. The Morgan fingerprint density at radius 3 is 2.36 bits per heavy atom. The van der Waals surface area contributed by atoms with Gasteiger partial charge in [-0.25, -0.2) is 0 Å². The standard InChI is InChI=1S/C22H27NO2/c1-2-22(23-25-17-16-24-21-10-4-3-5-11-21)20-14-12-19(13-15-20)18-8-6-7-9-18/h3-5,10-15,18H,2,6-9,16-17H2,1H3/b23-22+. The number of para-hydroxylation sites is 1. The number of hydrogen-bond acceptors (Lipinski definition) is 3. The van der Waals surface area contributed by atoms with Crippen molar-refractivity contribution in [1.82, 2.24) is 0 Å². The maximum absolute atomic E-state index is 5.61. The molecule has 2 aromatic rings. The Labute approximate surface area is 150 Å². The van der Waals surface area contributed by atoms with Gasteiger partial charge in [-0.1, -0.05) is 67.4 Å². The molecule has 1 aliphatic rings. The highest BCUT2D eigenvalue weighted by Gasteiger charge is 2.16. The van der Waals surface area contributed by atoms with Crippen LogP contribution in [0.2, 0.25) is 0 Å². The molecule has 0 aromatic heterocycles. The van der Waals surface area contributed by atoms with Gasteiger partial charge in [-0.3, -0.25) is 0 Å². The summed E-state index contributed by atoms with van der Waals surface area (Å²) in [4.78, 5) is 5.46. The van der Waals surface area contributed by atoms with Gasteiger partial charge in [-0.15, -0.1) is 0 Å². The number of rotatable bonds is 8. The number of hydrogen-bond donors (Lipinski definition) is 0. The van der Waals surface area contributed by atoms with E-state index in [-0.39, 0.29) is 0 Å². The van der Waals surface area contributed by atoms with Gasteiger partial charge in [-0.2, -0.15) is 0 Å². The SMILES string of the molecule is CC/C(=N\OCCOc1ccccc1)c1ccc(C2CCCC2)cc1. The van der Waals surface area contributed by atoms with E-state index in [1.807, 2.05) is 30.3 Å². The van der Waals surface area contributed by atoms with Crippen molar-refractivity contribution < 1.29 is 9.57 Å². The van der Waals surface area contributed by atoms with Gasteiger partial charge in [0.25, 0.3) is 0 Å². The summed E-state index contributed by atoms with van der Waals surface area (Å²) in [6, 6.07) is 18.6. The Kier molecular flexibility index (Phi) is 6.49. The van der Waals surface area contributed by atoms with Crippen LogP contribution in [0, 0.1) is 0 Å². The van der Waals surface area contributed by atoms with E-state index in [0.717, 1.165) is 29.4 Å². The first-order valence-corrected chi connectivity index (χ1v) is 9.34.